The topological polar surface area (TPSA) is 74.9 Å². The molecule has 1 N–H and O–H groups in total. The van der Waals surface area contributed by atoms with Crippen LogP contribution >= 0.6 is 0 Å². The molecule has 0 aliphatic carbocycles. The van der Waals surface area contributed by atoms with Crippen LogP contribution in [-0.2, 0) is 11.3 Å². The van der Waals surface area contributed by atoms with E-state index in [1.54, 1.807) is 6.20 Å². The van der Waals surface area contributed by atoms with Crippen LogP contribution in [0.3, 0.4) is 0 Å². The number of likely N-dealkylation sites (N-methyl/N-ethyl adjacent to an activating group) is 1. The summed E-state index contributed by atoms with van der Waals surface area (Å²) in [7, 11) is 4.02. The first-order valence-corrected chi connectivity index (χ1v) is 7.37. The summed E-state index contributed by atoms with van der Waals surface area (Å²) in [6, 6.07) is 0. The summed E-state index contributed by atoms with van der Waals surface area (Å²) in [6.07, 6.45) is 11.1. The smallest absolute Gasteiger partial charge is 0.224 e. The van der Waals surface area contributed by atoms with Crippen LogP contribution in [0.4, 0.5) is 5.69 Å². The van der Waals surface area contributed by atoms with Gasteiger partial charge in [0.15, 0.2) is 5.66 Å². The molecule has 1 aliphatic rings. The van der Waals surface area contributed by atoms with Crippen LogP contribution in [0.5, 0.6) is 0 Å². The Bertz CT molecular complexity index is 577. The highest BCUT2D eigenvalue weighted by Crippen LogP contribution is 2.37. The van der Waals surface area contributed by atoms with Gasteiger partial charge >= 0.3 is 0 Å². The minimum Gasteiger partial charge on any atom is -0.323 e. The highest BCUT2D eigenvalue weighted by atomic mass is 16.1. The lowest BCUT2D eigenvalue weighted by molar-refractivity contribution is -0.116. The van der Waals surface area contributed by atoms with E-state index in [2.05, 4.69) is 31.5 Å². The molecule has 7 heteroatoms. The number of aromatic nitrogens is 2. The zero-order valence-electron chi connectivity index (χ0n) is 13.1. The number of anilines is 1. The lowest BCUT2D eigenvalue weighted by Crippen LogP contribution is -2.18. The number of nitrogens with one attached hydrogen (secondary N) is 1. The van der Waals surface area contributed by atoms with E-state index < -0.39 is 5.66 Å². The Kier molecular flexibility index (Phi) is 5.28. The Labute approximate surface area is 130 Å². The van der Waals surface area contributed by atoms with Crippen LogP contribution in [0.2, 0.25) is 0 Å². The summed E-state index contributed by atoms with van der Waals surface area (Å²) in [4.78, 5) is 14.0. The number of amides is 1. The molecule has 0 bridgehead atoms. The largest absolute Gasteiger partial charge is 0.323 e. The van der Waals surface area contributed by atoms with Gasteiger partial charge in [0.1, 0.15) is 0 Å². The molecular formula is C15H22N6O. The van der Waals surface area contributed by atoms with Crippen molar-refractivity contribution in [3.8, 4) is 12.3 Å². The van der Waals surface area contributed by atoms with Crippen LogP contribution in [0.25, 0.3) is 0 Å². The number of nitrogens with zero attached hydrogens (tertiary/aromatic N) is 5. The molecule has 1 aromatic heterocycles. The predicted molar refractivity (Wildman–Crippen MR) is 84.3 cm³/mol. The molecule has 2 rings (SSSR count). The number of hydrogen-bond donors (Lipinski definition) is 1. The number of hydrogen-bond acceptors (Lipinski definition) is 5. The summed E-state index contributed by atoms with van der Waals surface area (Å²) in [5.74, 6) is 2.53. The fourth-order valence-electron chi connectivity index (χ4n) is 2.06. The van der Waals surface area contributed by atoms with Crippen molar-refractivity contribution in [2.24, 2.45) is 10.2 Å². The molecule has 0 fully saturated rings. The van der Waals surface area contributed by atoms with Crippen LogP contribution < -0.4 is 5.32 Å². The lowest BCUT2D eigenvalue weighted by Gasteiger charge is -2.09. The van der Waals surface area contributed by atoms with Crippen molar-refractivity contribution in [3.63, 3.8) is 0 Å². The van der Waals surface area contributed by atoms with Gasteiger partial charge in [-0.25, -0.2) is 0 Å². The van der Waals surface area contributed by atoms with Gasteiger partial charge in [-0.05, 0) is 14.1 Å². The summed E-state index contributed by atoms with van der Waals surface area (Å²) in [5, 5.41) is 15.1. The van der Waals surface area contributed by atoms with Gasteiger partial charge in [0.05, 0.1) is 18.4 Å². The van der Waals surface area contributed by atoms with Crippen LogP contribution in [0.1, 0.15) is 25.7 Å². The molecule has 22 heavy (non-hydrogen) atoms. The van der Waals surface area contributed by atoms with Crippen LogP contribution in [0, 0.1) is 12.3 Å². The van der Waals surface area contributed by atoms with Crippen molar-refractivity contribution < 1.29 is 4.79 Å². The molecule has 7 nitrogen and oxygen atoms in total. The minimum atomic E-state index is -0.403. The number of carbonyl (C=O) groups is 1. The maximum Gasteiger partial charge on any atom is 0.224 e. The number of carbonyl (C=O) groups excluding carboxylic acids is 1. The number of rotatable bonds is 9. The maximum atomic E-state index is 12.0. The normalized spacial score (nSPS) is 14.8. The average molecular weight is 302 g/mol. The highest BCUT2D eigenvalue weighted by molar-refractivity contribution is 5.90. The van der Waals surface area contributed by atoms with Crippen molar-refractivity contribution in [1.29, 1.82) is 0 Å². The molecule has 118 valence electrons. The summed E-state index contributed by atoms with van der Waals surface area (Å²) >= 11 is 0. The number of terminal acetylenes is 1. The van der Waals surface area contributed by atoms with Crippen LogP contribution in [-0.4, -0.2) is 46.9 Å². The second kappa shape index (κ2) is 7.18. The molecule has 0 saturated heterocycles. The molecule has 1 amide bonds. The Balaban J connectivity index is 1.72. The zero-order valence-corrected chi connectivity index (χ0v) is 13.1. The maximum absolute atomic E-state index is 12.0. The first-order chi connectivity index (χ1) is 10.5. The molecule has 0 radical (unpaired) electrons. The van der Waals surface area contributed by atoms with Gasteiger partial charge in [-0.3, -0.25) is 9.48 Å². The fourth-order valence-corrected chi connectivity index (χ4v) is 2.06. The summed E-state index contributed by atoms with van der Waals surface area (Å²) in [6.45, 7) is 1.69. The van der Waals surface area contributed by atoms with E-state index in [1.807, 2.05) is 25.0 Å². The SMILES string of the molecule is C#CCCC1(CCC(=O)Nc2cnn(CCN(C)C)c2)N=N1. The Morgan fingerprint density at radius 3 is 2.86 bits per heavy atom. The third-order valence-electron chi connectivity index (χ3n) is 3.50. The first kappa shape index (κ1) is 16.2. The van der Waals surface area contributed by atoms with E-state index in [9.17, 15) is 4.79 Å². The summed E-state index contributed by atoms with van der Waals surface area (Å²) < 4.78 is 1.82. The summed E-state index contributed by atoms with van der Waals surface area (Å²) in [5.41, 5.74) is 0.311. The highest BCUT2D eigenvalue weighted by Gasteiger charge is 2.39. The Morgan fingerprint density at radius 1 is 1.45 bits per heavy atom. The molecule has 1 aromatic rings. The van der Waals surface area contributed by atoms with E-state index >= 15 is 0 Å². The minimum absolute atomic E-state index is 0.0513. The standard InChI is InChI=1S/C15H22N6O/c1-4-5-7-15(18-19-15)8-6-14(22)17-13-11-16-21(12-13)10-9-20(2)3/h1,11-12H,5-10H2,2-3H3,(H,17,22). The molecule has 0 saturated carbocycles. The Hall–Kier alpha value is -2.20. The van der Waals surface area contributed by atoms with Crippen molar-refractivity contribution in [2.75, 3.05) is 26.0 Å². The average Bonchev–Trinajstić information content (AvgIpc) is 3.12. The lowest BCUT2D eigenvalue weighted by atomic mass is 10.0. The molecule has 0 aromatic carbocycles. The van der Waals surface area contributed by atoms with E-state index in [-0.39, 0.29) is 5.91 Å². The van der Waals surface area contributed by atoms with Crippen molar-refractivity contribution in [3.05, 3.63) is 12.4 Å². The molecule has 0 unspecified atom stereocenters. The zero-order chi connectivity index (χ0) is 16.0. The first-order valence-electron chi connectivity index (χ1n) is 7.37. The van der Waals surface area contributed by atoms with E-state index in [0.717, 1.165) is 19.5 Å². The van der Waals surface area contributed by atoms with Crippen LogP contribution in [0.15, 0.2) is 22.6 Å². The molecule has 0 spiro atoms. The quantitative estimate of drug-likeness (QED) is 0.706. The van der Waals surface area contributed by atoms with Gasteiger partial charge in [-0.15, -0.1) is 12.3 Å². The second-order valence-corrected chi connectivity index (χ2v) is 5.73. The van der Waals surface area contributed by atoms with Crippen molar-refractivity contribution in [1.82, 2.24) is 14.7 Å². The molecular weight excluding hydrogens is 280 g/mol. The fraction of sp³-hybridized carbons (Fsp3) is 0.600. The molecule has 2 heterocycles. The van der Waals surface area contributed by atoms with Gasteiger partial charge in [0.25, 0.3) is 0 Å². The Morgan fingerprint density at radius 2 is 2.23 bits per heavy atom. The monoisotopic (exact) mass is 302 g/mol. The second-order valence-electron chi connectivity index (χ2n) is 5.73. The van der Waals surface area contributed by atoms with Gasteiger partial charge in [0, 0.05) is 38.4 Å². The van der Waals surface area contributed by atoms with E-state index in [1.165, 1.54) is 0 Å². The van der Waals surface area contributed by atoms with Crippen molar-refractivity contribution >= 4 is 11.6 Å². The van der Waals surface area contributed by atoms with Gasteiger partial charge in [0.2, 0.25) is 5.91 Å². The van der Waals surface area contributed by atoms with Crippen molar-refractivity contribution in [2.45, 2.75) is 37.9 Å². The van der Waals surface area contributed by atoms with Gasteiger partial charge in [-0.2, -0.15) is 15.3 Å². The third-order valence-corrected chi connectivity index (χ3v) is 3.50. The van der Waals surface area contributed by atoms with E-state index in [4.69, 9.17) is 6.42 Å². The molecule has 0 atom stereocenters. The van der Waals surface area contributed by atoms with Gasteiger partial charge < -0.3 is 10.2 Å². The molecule has 1 aliphatic heterocycles. The van der Waals surface area contributed by atoms with E-state index in [0.29, 0.717) is 24.9 Å². The third kappa shape index (κ3) is 4.97. The predicted octanol–water partition coefficient (Wildman–Crippen LogP) is 1.74. The van der Waals surface area contributed by atoms with Gasteiger partial charge in [-0.1, -0.05) is 0 Å².